The predicted molar refractivity (Wildman–Crippen MR) is 46.6 cm³/mol. The third kappa shape index (κ3) is 1.76. The molecule has 0 saturated carbocycles. The lowest BCUT2D eigenvalue weighted by molar-refractivity contribution is 0.119. The van der Waals surface area contributed by atoms with Gasteiger partial charge in [0.15, 0.2) is 5.60 Å². The Hall–Kier alpha value is -1.04. The summed E-state index contributed by atoms with van der Waals surface area (Å²) in [6.45, 7) is 1.44. The third-order valence-electron chi connectivity index (χ3n) is 1.62. The number of rotatable bonds is 1. The van der Waals surface area contributed by atoms with Crippen molar-refractivity contribution in [2.45, 2.75) is 12.5 Å². The molecule has 1 aromatic carbocycles. The Morgan fingerprint density at radius 3 is 2.33 bits per heavy atom. The van der Waals surface area contributed by atoms with Crippen LogP contribution in [-0.4, -0.2) is 5.11 Å². The zero-order chi connectivity index (χ0) is 9.19. The van der Waals surface area contributed by atoms with Gasteiger partial charge in [-0.25, -0.2) is 0 Å². The molecule has 0 aliphatic carbocycles. The molecule has 1 rings (SSSR count). The van der Waals surface area contributed by atoms with Gasteiger partial charge in [-0.2, -0.15) is 5.26 Å². The highest BCUT2D eigenvalue weighted by molar-refractivity contribution is 6.30. The van der Waals surface area contributed by atoms with Gasteiger partial charge in [-0.05, 0) is 24.6 Å². The molecule has 0 spiro atoms. The van der Waals surface area contributed by atoms with Crippen molar-refractivity contribution in [2.75, 3.05) is 0 Å². The van der Waals surface area contributed by atoms with Gasteiger partial charge in [-0.3, -0.25) is 0 Å². The molecular formula is C9H8ClNO. The van der Waals surface area contributed by atoms with Gasteiger partial charge in [0.1, 0.15) is 6.07 Å². The number of nitriles is 1. The molecule has 2 nitrogen and oxygen atoms in total. The Kier molecular flexibility index (Phi) is 2.37. The highest BCUT2D eigenvalue weighted by Crippen LogP contribution is 2.20. The van der Waals surface area contributed by atoms with E-state index in [1.807, 2.05) is 0 Å². The summed E-state index contributed by atoms with van der Waals surface area (Å²) in [5, 5.41) is 18.7. The van der Waals surface area contributed by atoms with E-state index in [2.05, 4.69) is 0 Å². The molecule has 1 N–H and O–H groups in total. The first-order valence-corrected chi connectivity index (χ1v) is 3.84. The maximum Gasteiger partial charge on any atom is 0.173 e. The van der Waals surface area contributed by atoms with E-state index in [4.69, 9.17) is 16.9 Å². The van der Waals surface area contributed by atoms with Crippen LogP contribution in [0.1, 0.15) is 12.5 Å². The zero-order valence-electron chi connectivity index (χ0n) is 6.58. The Bertz CT molecular complexity index is 310. The summed E-state index contributed by atoms with van der Waals surface area (Å²) in [4.78, 5) is 0. The van der Waals surface area contributed by atoms with E-state index in [-0.39, 0.29) is 0 Å². The Balaban J connectivity index is 3.07. The molecule has 0 unspecified atom stereocenters. The van der Waals surface area contributed by atoms with E-state index in [0.29, 0.717) is 10.6 Å². The molecular weight excluding hydrogens is 174 g/mol. The van der Waals surface area contributed by atoms with E-state index in [1.54, 1.807) is 30.3 Å². The lowest BCUT2D eigenvalue weighted by Crippen LogP contribution is -2.17. The fourth-order valence-electron chi connectivity index (χ4n) is 0.839. The lowest BCUT2D eigenvalue weighted by atomic mass is 9.98. The van der Waals surface area contributed by atoms with Crippen LogP contribution in [-0.2, 0) is 5.60 Å². The first-order valence-electron chi connectivity index (χ1n) is 3.46. The monoisotopic (exact) mass is 181 g/mol. The summed E-state index contributed by atoms with van der Waals surface area (Å²) >= 11 is 5.64. The topological polar surface area (TPSA) is 44.0 Å². The third-order valence-corrected chi connectivity index (χ3v) is 1.88. The quantitative estimate of drug-likeness (QED) is 0.675. The standard InChI is InChI=1S/C9H8ClNO/c1-9(12,6-11)7-2-4-8(10)5-3-7/h2-5,12H,1H3/t9-/m1/s1. The van der Waals surface area contributed by atoms with E-state index >= 15 is 0 Å². The Labute approximate surface area is 76.0 Å². The normalized spacial score (nSPS) is 14.8. The number of hydrogen-bond acceptors (Lipinski definition) is 2. The van der Waals surface area contributed by atoms with Crippen LogP contribution < -0.4 is 0 Å². The van der Waals surface area contributed by atoms with Crippen molar-refractivity contribution in [3.63, 3.8) is 0 Å². The van der Waals surface area contributed by atoms with Crippen LogP contribution in [0.5, 0.6) is 0 Å². The van der Waals surface area contributed by atoms with Crippen molar-refractivity contribution in [2.24, 2.45) is 0 Å². The molecule has 12 heavy (non-hydrogen) atoms. The van der Waals surface area contributed by atoms with E-state index < -0.39 is 5.60 Å². The van der Waals surface area contributed by atoms with E-state index in [1.165, 1.54) is 6.92 Å². The fraction of sp³-hybridized carbons (Fsp3) is 0.222. The van der Waals surface area contributed by atoms with Gasteiger partial charge in [0, 0.05) is 5.02 Å². The second kappa shape index (κ2) is 3.14. The predicted octanol–water partition coefficient (Wildman–Crippen LogP) is 2.07. The zero-order valence-corrected chi connectivity index (χ0v) is 7.34. The highest BCUT2D eigenvalue weighted by atomic mass is 35.5. The van der Waals surface area contributed by atoms with Gasteiger partial charge in [0.05, 0.1) is 0 Å². The van der Waals surface area contributed by atoms with Crippen LogP contribution in [0.25, 0.3) is 0 Å². The van der Waals surface area contributed by atoms with Crippen molar-refractivity contribution >= 4 is 11.6 Å². The van der Waals surface area contributed by atoms with Crippen LogP contribution >= 0.6 is 11.6 Å². The van der Waals surface area contributed by atoms with Gasteiger partial charge < -0.3 is 5.11 Å². The van der Waals surface area contributed by atoms with Crippen molar-refractivity contribution in [1.82, 2.24) is 0 Å². The van der Waals surface area contributed by atoms with Crippen LogP contribution in [0.2, 0.25) is 5.02 Å². The van der Waals surface area contributed by atoms with Crippen molar-refractivity contribution in [3.8, 4) is 6.07 Å². The second-order valence-corrected chi connectivity index (χ2v) is 3.13. The average molecular weight is 182 g/mol. The summed E-state index contributed by atoms with van der Waals surface area (Å²) in [7, 11) is 0. The molecule has 1 atom stereocenters. The molecule has 0 saturated heterocycles. The number of aliphatic hydroxyl groups is 1. The van der Waals surface area contributed by atoms with Gasteiger partial charge in [-0.15, -0.1) is 0 Å². The van der Waals surface area contributed by atoms with Gasteiger partial charge in [0.2, 0.25) is 0 Å². The summed E-state index contributed by atoms with van der Waals surface area (Å²) < 4.78 is 0. The Morgan fingerprint density at radius 2 is 1.92 bits per heavy atom. The molecule has 0 aromatic heterocycles. The van der Waals surface area contributed by atoms with E-state index in [9.17, 15) is 5.11 Å². The molecule has 0 aliphatic rings. The molecule has 62 valence electrons. The van der Waals surface area contributed by atoms with Crippen LogP contribution in [0, 0.1) is 11.3 Å². The summed E-state index contributed by atoms with van der Waals surface area (Å²) in [6, 6.07) is 8.33. The summed E-state index contributed by atoms with van der Waals surface area (Å²) in [5.41, 5.74) is -0.876. The SMILES string of the molecule is C[C@@](O)(C#N)c1ccc(Cl)cc1. The minimum absolute atomic E-state index is 0.550. The maximum atomic E-state index is 9.48. The summed E-state index contributed by atoms with van der Waals surface area (Å²) in [5.74, 6) is 0. The van der Waals surface area contributed by atoms with Crippen LogP contribution in [0.15, 0.2) is 24.3 Å². The maximum absolute atomic E-state index is 9.48. The average Bonchev–Trinajstić information content (AvgIpc) is 2.05. The van der Waals surface area contributed by atoms with Crippen molar-refractivity contribution in [1.29, 1.82) is 5.26 Å². The van der Waals surface area contributed by atoms with Crippen LogP contribution in [0.3, 0.4) is 0 Å². The number of benzene rings is 1. The largest absolute Gasteiger partial charge is 0.372 e. The highest BCUT2D eigenvalue weighted by Gasteiger charge is 2.21. The molecule has 0 amide bonds. The molecule has 0 radical (unpaired) electrons. The molecule has 3 heteroatoms. The molecule has 0 heterocycles. The fourth-order valence-corrected chi connectivity index (χ4v) is 0.965. The summed E-state index contributed by atoms with van der Waals surface area (Å²) in [6.07, 6.45) is 0. The molecule has 0 bridgehead atoms. The van der Waals surface area contributed by atoms with Gasteiger partial charge >= 0.3 is 0 Å². The number of halogens is 1. The molecule has 0 aliphatic heterocycles. The minimum Gasteiger partial charge on any atom is -0.372 e. The number of hydrogen-bond donors (Lipinski definition) is 1. The van der Waals surface area contributed by atoms with Crippen molar-refractivity contribution < 1.29 is 5.11 Å². The Morgan fingerprint density at radius 1 is 1.42 bits per heavy atom. The molecule has 1 aromatic rings. The first-order chi connectivity index (χ1) is 5.56. The number of nitrogens with zero attached hydrogens (tertiary/aromatic N) is 1. The van der Waals surface area contributed by atoms with Gasteiger partial charge in [0.25, 0.3) is 0 Å². The molecule has 0 fully saturated rings. The lowest BCUT2D eigenvalue weighted by Gasteiger charge is -2.13. The second-order valence-electron chi connectivity index (χ2n) is 2.69. The van der Waals surface area contributed by atoms with Crippen molar-refractivity contribution in [3.05, 3.63) is 34.9 Å². The minimum atomic E-state index is -1.43. The smallest absolute Gasteiger partial charge is 0.173 e. The van der Waals surface area contributed by atoms with Crippen LogP contribution in [0.4, 0.5) is 0 Å². The van der Waals surface area contributed by atoms with E-state index in [0.717, 1.165) is 0 Å². The van der Waals surface area contributed by atoms with Gasteiger partial charge in [-0.1, -0.05) is 23.7 Å². The first kappa shape index (κ1) is 9.05.